The van der Waals surface area contributed by atoms with Crippen LogP contribution in [-0.4, -0.2) is 10.9 Å². The van der Waals surface area contributed by atoms with Crippen LogP contribution in [-0.2, 0) is 0 Å². The summed E-state index contributed by atoms with van der Waals surface area (Å²) in [6.07, 6.45) is 1.46. The van der Waals surface area contributed by atoms with Crippen molar-refractivity contribution in [3.8, 4) is 0 Å². The average Bonchev–Trinajstić information content (AvgIpc) is 2.35. The Hall–Kier alpha value is -1.78. The van der Waals surface area contributed by atoms with Gasteiger partial charge in [-0.25, -0.2) is 4.98 Å². The second-order valence-corrected chi connectivity index (χ2v) is 4.39. The molecule has 1 heterocycles. The molecule has 0 radical (unpaired) electrons. The van der Waals surface area contributed by atoms with Gasteiger partial charge in [-0.2, -0.15) is 0 Å². The largest absolute Gasteiger partial charge is 0.384 e. The van der Waals surface area contributed by atoms with Crippen molar-refractivity contribution in [1.29, 1.82) is 0 Å². The molecule has 0 bridgehead atoms. The Bertz CT molecular complexity index is 584. The highest BCUT2D eigenvalue weighted by molar-refractivity contribution is 6.36. The van der Waals surface area contributed by atoms with E-state index in [1.165, 1.54) is 12.3 Å². The smallest absolute Gasteiger partial charge is 0.257 e. The third kappa shape index (κ3) is 2.91. The van der Waals surface area contributed by atoms with Gasteiger partial charge in [-0.15, -0.1) is 0 Å². The summed E-state index contributed by atoms with van der Waals surface area (Å²) in [7, 11) is 0. The first-order chi connectivity index (χ1) is 8.56. The Kier molecular flexibility index (Phi) is 3.69. The van der Waals surface area contributed by atoms with Gasteiger partial charge < -0.3 is 11.1 Å². The van der Waals surface area contributed by atoms with Crippen LogP contribution in [0.3, 0.4) is 0 Å². The van der Waals surface area contributed by atoms with Gasteiger partial charge in [0, 0.05) is 5.02 Å². The Balaban J connectivity index is 2.21. The Morgan fingerprint density at radius 2 is 2.00 bits per heavy atom. The Morgan fingerprint density at radius 3 is 2.67 bits per heavy atom. The average molecular weight is 282 g/mol. The van der Waals surface area contributed by atoms with E-state index in [9.17, 15) is 4.79 Å². The fourth-order valence-electron chi connectivity index (χ4n) is 1.35. The first-order valence-electron chi connectivity index (χ1n) is 5.04. The van der Waals surface area contributed by atoms with Crippen LogP contribution in [0.5, 0.6) is 0 Å². The molecule has 2 rings (SSSR count). The quantitative estimate of drug-likeness (QED) is 0.888. The van der Waals surface area contributed by atoms with Crippen molar-refractivity contribution < 1.29 is 4.79 Å². The van der Waals surface area contributed by atoms with Crippen LogP contribution in [0.25, 0.3) is 0 Å². The number of anilines is 2. The number of hydrogen-bond acceptors (Lipinski definition) is 3. The number of halogens is 2. The third-order valence-corrected chi connectivity index (χ3v) is 2.78. The van der Waals surface area contributed by atoms with E-state index >= 15 is 0 Å². The minimum atomic E-state index is -0.353. The highest BCUT2D eigenvalue weighted by Crippen LogP contribution is 2.21. The van der Waals surface area contributed by atoms with E-state index in [-0.39, 0.29) is 5.91 Å². The summed E-state index contributed by atoms with van der Waals surface area (Å²) < 4.78 is 0. The van der Waals surface area contributed by atoms with Gasteiger partial charge in [-0.1, -0.05) is 23.2 Å². The van der Waals surface area contributed by atoms with Gasteiger partial charge in [-0.3, -0.25) is 4.79 Å². The molecule has 1 aromatic heterocycles. The fourth-order valence-corrected chi connectivity index (χ4v) is 1.72. The maximum atomic E-state index is 12.0. The maximum Gasteiger partial charge on any atom is 0.257 e. The zero-order valence-electron chi connectivity index (χ0n) is 9.15. The second kappa shape index (κ2) is 5.25. The molecule has 0 fully saturated rings. The molecule has 1 aromatic carbocycles. The number of nitrogens with one attached hydrogen (secondary N) is 1. The van der Waals surface area contributed by atoms with Crippen LogP contribution < -0.4 is 11.1 Å². The standard InChI is InChI=1S/C12H9Cl2N3O/c13-7-1-3-10(14)9(5-7)12(18)17-8-2-4-11(15)16-6-8/h1-6H,(H2,15,16)(H,17,18). The van der Waals surface area contributed by atoms with Crippen molar-refractivity contribution in [2.75, 3.05) is 11.1 Å². The number of pyridine rings is 1. The van der Waals surface area contributed by atoms with E-state index in [2.05, 4.69) is 10.3 Å². The molecule has 0 aliphatic heterocycles. The van der Waals surface area contributed by atoms with E-state index in [1.54, 1.807) is 24.3 Å². The van der Waals surface area contributed by atoms with Crippen molar-refractivity contribution in [2.45, 2.75) is 0 Å². The Labute approximate surface area is 114 Å². The lowest BCUT2D eigenvalue weighted by atomic mass is 10.2. The molecule has 0 spiro atoms. The summed E-state index contributed by atoms with van der Waals surface area (Å²) in [5, 5.41) is 3.43. The van der Waals surface area contributed by atoms with Crippen molar-refractivity contribution >= 4 is 40.6 Å². The lowest BCUT2D eigenvalue weighted by molar-refractivity contribution is 0.102. The third-order valence-electron chi connectivity index (χ3n) is 2.22. The lowest BCUT2D eigenvalue weighted by Crippen LogP contribution is -2.12. The van der Waals surface area contributed by atoms with Crippen LogP contribution in [0.4, 0.5) is 11.5 Å². The molecule has 1 amide bonds. The number of nitrogens with two attached hydrogens (primary N) is 1. The van der Waals surface area contributed by atoms with Crippen LogP contribution in [0, 0.1) is 0 Å². The van der Waals surface area contributed by atoms with Gasteiger partial charge in [-0.05, 0) is 30.3 Å². The van der Waals surface area contributed by atoms with E-state index in [4.69, 9.17) is 28.9 Å². The minimum absolute atomic E-state index is 0.306. The molecule has 92 valence electrons. The molecule has 0 atom stereocenters. The van der Waals surface area contributed by atoms with E-state index in [1.807, 2.05) is 0 Å². The molecule has 0 aliphatic carbocycles. The number of nitrogens with zero attached hydrogens (tertiary/aromatic N) is 1. The first-order valence-corrected chi connectivity index (χ1v) is 5.80. The number of hydrogen-bond donors (Lipinski definition) is 2. The molecule has 2 aromatic rings. The summed E-state index contributed by atoms with van der Waals surface area (Å²) in [4.78, 5) is 15.8. The van der Waals surface area contributed by atoms with Crippen molar-refractivity contribution in [3.63, 3.8) is 0 Å². The summed E-state index contributed by atoms with van der Waals surface area (Å²) in [5.74, 6) is 0.0304. The molecule has 18 heavy (non-hydrogen) atoms. The molecule has 4 nitrogen and oxygen atoms in total. The van der Waals surface area contributed by atoms with E-state index in [0.717, 1.165) is 0 Å². The lowest BCUT2D eigenvalue weighted by Gasteiger charge is -2.07. The highest BCUT2D eigenvalue weighted by atomic mass is 35.5. The summed E-state index contributed by atoms with van der Waals surface area (Å²) in [6.45, 7) is 0. The minimum Gasteiger partial charge on any atom is -0.384 e. The van der Waals surface area contributed by atoms with Gasteiger partial charge in [0.25, 0.3) is 5.91 Å². The zero-order valence-corrected chi connectivity index (χ0v) is 10.7. The molecule has 3 N–H and O–H groups in total. The molecule has 0 saturated carbocycles. The van der Waals surface area contributed by atoms with Crippen LogP contribution in [0.2, 0.25) is 10.0 Å². The topological polar surface area (TPSA) is 68.0 Å². The molecule has 0 aliphatic rings. The molecule has 0 saturated heterocycles. The summed E-state index contributed by atoms with van der Waals surface area (Å²) >= 11 is 11.7. The second-order valence-electron chi connectivity index (χ2n) is 3.55. The molecule has 6 heteroatoms. The van der Waals surface area contributed by atoms with Gasteiger partial charge in [0.1, 0.15) is 5.82 Å². The normalized spacial score (nSPS) is 10.1. The van der Waals surface area contributed by atoms with Gasteiger partial charge in [0.15, 0.2) is 0 Å². The SMILES string of the molecule is Nc1ccc(NC(=O)c2cc(Cl)ccc2Cl)cn1. The highest BCUT2D eigenvalue weighted by Gasteiger charge is 2.11. The monoisotopic (exact) mass is 281 g/mol. The summed E-state index contributed by atoms with van der Waals surface area (Å²) in [5.41, 5.74) is 6.29. The van der Waals surface area contributed by atoms with Crippen molar-refractivity contribution in [1.82, 2.24) is 4.98 Å². The van der Waals surface area contributed by atoms with Crippen LogP contribution in [0.1, 0.15) is 10.4 Å². The zero-order chi connectivity index (χ0) is 13.1. The van der Waals surface area contributed by atoms with E-state index < -0.39 is 0 Å². The number of carbonyl (C=O) groups excluding carboxylic acids is 1. The molecular weight excluding hydrogens is 273 g/mol. The van der Waals surface area contributed by atoms with Crippen molar-refractivity contribution in [2.24, 2.45) is 0 Å². The van der Waals surface area contributed by atoms with Crippen LogP contribution >= 0.6 is 23.2 Å². The van der Waals surface area contributed by atoms with Gasteiger partial charge >= 0.3 is 0 Å². The number of carbonyl (C=O) groups is 1. The number of benzene rings is 1. The number of aromatic nitrogens is 1. The predicted molar refractivity (Wildman–Crippen MR) is 73.1 cm³/mol. The first kappa shape index (κ1) is 12.7. The number of rotatable bonds is 2. The van der Waals surface area contributed by atoms with Crippen LogP contribution in [0.15, 0.2) is 36.5 Å². The Morgan fingerprint density at radius 1 is 1.22 bits per heavy atom. The predicted octanol–water partition coefficient (Wildman–Crippen LogP) is 3.22. The van der Waals surface area contributed by atoms with Crippen molar-refractivity contribution in [3.05, 3.63) is 52.1 Å². The number of amides is 1. The van der Waals surface area contributed by atoms with Gasteiger partial charge in [0.05, 0.1) is 22.5 Å². The molecule has 0 unspecified atom stereocenters. The maximum absolute atomic E-state index is 12.0. The van der Waals surface area contributed by atoms with E-state index in [0.29, 0.717) is 27.1 Å². The fraction of sp³-hybridized carbons (Fsp3) is 0. The summed E-state index contributed by atoms with van der Waals surface area (Å²) in [6, 6.07) is 7.93. The number of nitrogen functional groups attached to an aromatic ring is 1. The molecular formula is C12H9Cl2N3O. The van der Waals surface area contributed by atoms with Gasteiger partial charge in [0.2, 0.25) is 0 Å².